The largest absolute Gasteiger partial charge is 0.492 e. The fraction of sp³-hybridized carbons (Fsp3) is 0.647. The van der Waals surface area contributed by atoms with Crippen molar-refractivity contribution in [1.29, 1.82) is 0 Å². The number of halogens is 1. The number of hydrogen-bond acceptors (Lipinski definition) is 3. The van der Waals surface area contributed by atoms with Crippen molar-refractivity contribution < 1.29 is 9.84 Å². The topological polar surface area (TPSA) is 32.7 Å². The molecule has 0 bridgehead atoms. The minimum atomic E-state index is -0.205. The first-order valence-corrected chi connectivity index (χ1v) is 8.33. The van der Waals surface area contributed by atoms with Crippen molar-refractivity contribution in [1.82, 2.24) is 4.90 Å². The molecule has 4 heteroatoms. The molecule has 1 N–H and O–H groups in total. The van der Waals surface area contributed by atoms with Crippen LogP contribution in [0.1, 0.15) is 32.3 Å². The predicted molar refractivity (Wildman–Crippen MR) is 87.2 cm³/mol. The van der Waals surface area contributed by atoms with E-state index in [2.05, 4.69) is 17.9 Å². The van der Waals surface area contributed by atoms with Crippen LogP contribution in [0.2, 0.25) is 5.02 Å². The summed E-state index contributed by atoms with van der Waals surface area (Å²) < 4.78 is 5.46. The molecular weight excluding hydrogens is 286 g/mol. The number of benzene rings is 1. The molecule has 1 aromatic rings. The summed E-state index contributed by atoms with van der Waals surface area (Å²) in [6.07, 6.45) is 2.70. The lowest BCUT2D eigenvalue weighted by atomic mass is 9.88. The van der Waals surface area contributed by atoms with Crippen LogP contribution in [0.5, 0.6) is 5.75 Å². The molecule has 0 aliphatic carbocycles. The van der Waals surface area contributed by atoms with Gasteiger partial charge in [-0.25, -0.2) is 0 Å². The number of aliphatic hydroxyl groups is 1. The molecule has 1 aromatic carbocycles. The number of aliphatic hydroxyl groups excluding tert-OH is 1. The first-order chi connectivity index (χ1) is 10.1. The lowest BCUT2D eigenvalue weighted by Crippen LogP contribution is -2.44. The van der Waals surface area contributed by atoms with Gasteiger partial charge in [-0.1, -0.05) is 24.6 Å². The average Bonchev–Trinajstić information content (AvgIpc) is 2.46. The molecule has 0 amide bonds. The highest BCUT2D eigenvalue weighted by Gasteiger charge is 2.27. The number of nitrogens with zero attached hydrogens (tertiary/aromatic N) is 1. The van der Waals surface area contributed by atoms with Crippen LogP contribution < -0.4 is 4.74 Å². The molecule has 1 saturated heterocycles. The van der Waals surface area contributed by atoms with E-state index in [1.165, 1.54) is 5.56 Å². The van der Waals surface area contributed by atoms with Gasteiger partial charge in [0.2, 0.25) is 0 Å². The molecule has 2 rings (SSSR count). The molecule has 0 saturated carbocycles. The van der Waals surface area contributed by atoms with Gasteiger partial charge in [-0.05, 0) is 50.4 Å². The van der Waals surface area contributed by atoms with Crippen molar-refractivity contribution >= 4 is 11.6 Å². The van der Waals surface area contributed by atoms with Gasteiger partial charge in [0.05, 0.1) is 17.7 Å². The second kappa shape index (κ2) is 8.02. The molecule has 0 aromatic heterocycles. The van der Waals surface area contributed by atoms with E-state index in [4.69, 9.17) is 16.3 Å². The van der Waals surface area contributed by atoms with Gasteiger partial charge in [-0.15, -0.1) is 0 Å². The van der Waals surface area contributed by atoms with Crippen molar-refractivity contribution in [2.45, 2.75) is 39.2 Å². The summed E-state index contributed by atoms with van der Waals surface area (Å²) in [5.74, 6) is 1.03. The number of likely N-dealkylation sites (tertiary alicyclic amines) is 1. The van der Waals surface area contributed by atoms with Gasteiger partial charge in [0, 0.05) is 19.0 Å². The minimum Gasteiger partial charge on any atom is -0.492 e. The van der Waals surface area contributed by atoms with Crippen molar-refractivity contribution in [3.8, 4) is 5.75 Å². The van der Waals surface area contributed by atoms with E-state index < -0.39 is 0 Å². The van der Waals surface area contributed by atoms with E-state index in [1.54, 1.807) is 0 Å². The Hall–Kier alpha value is -0.770. The van der Waals surface area contributed by atoms with Crippen LogP contribution in [0.15, 0.2) is 18.2 Å². The SMILES string of the molecule is CCCN1CCC(O)C(Cc2ccc(OCC)c(Cl)c2)C1. The zero-order valence-electron chi connectivity index (χ0n) is 13.0. The van der Waals surface area contributed by atoms with Gasteiger partial charge in [0.15, 0.2) is 0 Å². The predicted octanol–water partition coefficient (Wildman–Crippen LogP) is 3.37. The van der Waals surface area contributed by atoms with Gasteiger partial charge < -0.3 is 14.7 Å². The lowest BCUT2D eigenvalue weighted by molar-refractivity contribution is 0.0270. The Morgan fingerprint density at radius 1 is 1.38 bits per heavy atom. The third-order valence-corrected chi connectivity index (χ3v) is 4.41. The smallest absolute Gasteiger partial charge is 0.137 e. The highest BCUT2D eigenvalue weighted by atomic mass is 35.5. The summed E-state index contributed by atoms with van der Waals surface area (Å²) in [4.78, 5) is 2.45. The van der Waals surface area contributed by atoms with Crippen molar-refractivity contribution in [3.05, 3.63) is 28.8 Å². The lowest BCUT2D eigenvalue weighted by Gasteiger charge is -2.36. The van der Waals surface area contributed by atoms with Gasteiger partial charge in [-0.2, -0.15) is 0 Å². The molecular formula is C17H26ClNO2. The molecule has 2 atom stereocenters. The van der Waals surface area contributed by atoms with Crippen molar-refractivity contribution in [2.24, 2.45) is 5.92 Å². The fourth-order valence-corrected chi connectivity index (χ4v) is 3.32. The van der Waals surface area contributed by atoms with E-state index in [-0.39, 0.29) is 6.10 Å². The average molecular weight is 312 g/mol. The third-order valence-electron chi connectivity index (χ3n) is 4.11. The van der Waals surface area contributed by atoms with Gasteiger partial charge in [-0.3, -0.25) is 0 Å². The molecule has 118 valence electrons. The fourth-order valence-electron chi connectivity index (χ4n) is 3.06. The summed E-state index contributed by atoms with van der Waals surface area (Å²) in [5.41, 5.74) is 1.17. The Balaban J connectivity index is 2.00. The second-order valence-corrected chi connectivity index (χ2v) is 6.23. The highest BCUT2D eigenvalue weighted by molar-refractivity contribution is 6.32. The number of rotatable bonds is 6. The normalized spacial score (nSPS) is 23.2. The summed E-state index contributed by atoms with van der Waals surface area (Å²) in [5, 5.41) is 10.9. The maximum absolute atomic E-state index is 10.2. The minimum absolute atomic E-state index is 0.205. The van der Waals surface area contributed by atoms with Crippen LogP contribution >= 0.6 is 11.6 Å². The molecule has 1 aliphatic rings. The van der Waals surface area contributed by atoms with E-state index in [0.29, 0.717) is 17.5 Å². The Kier molecular flexibility index (Phi) is 6.34. The molecule has 2 unspecified atom stereocenters. The summed E-state index contributed by atoms with van der Waals surface area (Å²) in [6.45, 7) is 7.87. The molecule has 21 heavy (non-hydrogen) atoms. The Morgan fingerprint density at radius 2 is 2.19 bits per heavy atom. The molecule has 0 radical (unpaired) electrons. The first kappa shape index (κ1) is 16.6. The highest BCUT2D eigenvalue weighted by Crippen LogP contribution is 2.28. The third kappa shape index (κ3) is 4.60. The standard InChI is InChI=1S/C17H26ClNO2/c1-3-8-19-9-7-16(20)14(12-19)10-13-5-6-17(21-4-2)15(18)11-13/h5-6,11,14,16,20H,3-4,7-10,12H2,1-2H3. The molecule has 1 fully saturated rings. The molecule has 1 heterocycles. The summed E-state index contributed by atoms with van der Waals surface area (Å²) in [6, 6.07) is 5.96. The van der Waals surface area contributed by atoms with E-state index in [1.807, 2.05) is 19.1 Å². The van der Waals surface area contributed by atoms with Crippen LogP contribution in [0.3, 0.4) is 0 Å². The number of hydrogen-bond donors (Lipinski definition) is 1. The van der Waals surface area contributed by atoms with Crippen LogP contribution in [0, 0.1) is 5.92 Å². The molecule has 0 spiro atoms. The summed E-state index contributed by atoms with van der Waals surface area (Å²) in [7, 11) is 0. The zero-order valence-corrected chi connectivity index (χ0v) is 13.8. The quantitative estimate of drug-likeness (QED) is 0.874. The van der Waals surface area contributed by atoms with Gasteiger partial charge in [0.1, 0.15) is 5.75 Å². The van der Waals surface area contributed by atoms with Gasteiger partial charge >= 0.3 is 0 Å². The van der Waals surface area contributed by atoms with Crippen LogP contribution in [0.4, 0.5) is 0 Å². The van der Waals surface area contributed by atoms with E-state index >= 15 is 0 Å². The molecule has 1 aliphatic heterocycles. The maximum atomic E-state index is 10.2. The maximum Gasteiger partial charge on any atom is 0.137 e. The van der Waals surface area contributed by atoms with Crippen LogP contribution in [-0.4, -0.2) is 42.4 Å². The monoisotopic (exact) mass is 311 g/mol. The van der Waals surface area contributed by atoms with Crippen molar-refractivity contribution in [3.63, 3.8) is 0 Å². The summed E-state index contributed by atoms with van der Waals surface area (Å²) >= 11 is 6.24. The Bertz CT molecular complexity index is 452. The van der Waals surface area contributed by atoms with Crippen LogP contribution in [-0.2, 0) is 6.42 Å². The molecule has 3 nitrogen and oxygen atoms in total. The Morgan fingerprint density at radius 3 is 2.86 bits per heavy atom. The van der Waals surface area contributed by atoms with Crippen molar-refractivity contribution in [2.75, 3.05) is 26.2 Å². The Labute approximate surface area is 132 Å². The number of ether oxygens (including phenoxy) is 1. The number of piperidine rings is 1. The van der Waals surface area contributed by atoms with Crippen LogP contribution in [0.25, 0.3) is 0 Å². The first-order valence-electron chi connectivity index (χ1n) is 7.95. The second-order valence-electron chi connectivity index (χ2n) is 5.82. The van der Waals surface area contributed by atoms with E-state index in [9.17, 15) is 5.11 Å². The zero-order chi connectivity index (χ0) is 15.2. The van der Waals surface area contributed by atoms with E-state index in [0.717, 1.165) is 44.6 Å². The van der Waals surface area contributed by atoms with Gasteiger partial charge in [0.25, 0.3) is 0 Å².